The number of nitrogens with zero attached hydrogens (tertiary/aromatic N) is 2. The molecule has 2 heterocycles. The average Bonchev–Trinajstić information content (AvgIpc) is 3.37. The van der Waals surface area contributed by atoms with Gasteiger partial charge < -0.3 is 25.4 Å². The van der Waals surface area contributed by atoms with Crippen molar-refractivity contribution in [1.29, 1.82) is 0 Å². The van der Waals surface area contributed by atoms with Crippen LogP contribution in [0.1, 0.15) is 59.3 Å². The number of hydrogen-bond acceptors (Lipinski definition) is 6. The van der Waals surface area contributed by atoms with Gasteiger partial charge in [-0.3, -0.25) is 14.6 Å². The second kappa shape index (κ2) is 11.8. The Hall–Kier alpha value is -3.02. The molecule has 4 rings (SSSR count). The maximum atomic E-state index is 12.9. The summed E-state index contributed by atoms with van der Waals surface area (Å²) in [5.74, 6) is -1.01. The number of aliphatic hydroxyl groups is 1. The first-order valence-electron chi connectivity index (χ1n) is 12.7. The Labute approximate surface area is 219 Å². The number of ether oxygens (including phenoxy) is 1. The fourth-order valence-electron chi connectivity index (χ4n) is 5.13. The normalized spacial score (nSPS) is 23.9. The Bertz CT molecular complexity index is 1120. The molecule has 8 nitrogen and oxygen atoms in total. The molecule has 2 aliphatic rings. The van der Waals surface area contributed by atoms with E-state index in [1.54, 1.807) is 18.2 Å². The highest BCUT2D eigenvalue weighted by molar-refractivity contribution is 5.96. The van der Waals surface area contributed by atoms with Crippen LogP contribution >= 0.6 is 0 Å². The lowest BCUT2D eigenvalue weighted by Crippen LogP contribution is -2.46. The molecule has 1 aromatic heterocycles. The number of rotatable bonds is 8. The van der Waals surface area contributed by atoms with Crippen molar-refractivity contribution in [1.82, 2.24) is 20.5 Å². The standard InChI is InChI=1S/C27H33F3N4O4/c1-38-17-18-5-6-23(31-14-18)26(37)10-7-21(8-11-26)33-22-9-12-34(16-22)24(35)15-32-25(36)19-3-2-4-20(13-19)27(28,29)30/h2-6,13-14,21-22,33,37H,7-12,15-17H2,1H3,(H,32,36). The lowest BCUT2D eigenvalue weighted by atomic mass is 9.79. The van der Waals surface area contributed by atoms with Crippen LogP contribution < -0.4 is 10.6 Å². The summed E-state index contributed by atoms with van der Waals surface area (Å²) < 4.78 is 43.8. The number of carbonyl (C=O) groups is 2. The molecule has 2 fully saturated rings. The molecule has 38 heavy (non-hydrogen) atoms. The molecule has 1 saturated carbocycles. The maximum Gasteiger partial charge on any atom is 0.416 e. The molecule has 3 N–H and O–H groups in total. The molecular formula is C27H33F3N4O4. The number of methoxy groups -OCH3 is 1. The quantitative estimate of drug-likeness (QED) is 0.481. The van der Waals surface area contributed by atoms with Crippen LogP contribution in [0.25, 0.3) is 0 Å². The third-order valence-corrected chi connectivity index (χ3v) is 7.29. The first-order chi connectivity index (χ1) is 18.1. The maximum absolute atomic E-state index is 12.9. The van der Waals surface area contributed by atoms with E-state index in [-0.39, 0.29) is 30.1 Å². The van der Waals surface area contributed by atoms with E-state index in [2.05, 4.69) is 15.6 Å². The van der Waals surface area contributed by atoms with Crippen LogP contribution in [-0.4, -0.2) is 65.6 Å². The molecule has 1 aliphatic carbocycles. The number of hydrogen-bond donors (Lipinski definition) is 3. The van der Waals surface area contributed by atoms with E-state index in [1.807, 2.05) is 12.1 Å². The molecule has 1 aromatic carbocycles. The number of pyridine rings is 1. The third-order valence-electron chi connectivity index (χ3n) is 7.29. The Morgan fingerprint density at radius 1 is 1.16 bits per heavy atom. The van der Waals surface area contributed by atoms with Crippen molar-refractivity contribution in [3.05, 3.63) is 65.0 Å². The molecule has 0 spiro atoms. The molecule has 206 valence electrons. The lowest BCUT2D eigenvalue weighted by molar-refractivity contribution is -0.137. The molecule has 11 heteroatoms. The van der Waals surface area contributed by atoms with Crippen LogP contribution in [0.4, 0.5) is 13.2 Å². The molecule has 2 aromatic rings. The fraction of sp³-hybridized carbons (Fsp3) is 0.519. The van der Waals surface area contributed by atoms with Gasteiger partial charge in [-0.1, -0.05) is 12.1 Å². The van der Waals surface area contributed by atoms with E-state index in [0.29, 0.717) is 38.2 Å². The van der Waals surface area contributed by atoms with Crippen molar-refractivity contribution in [3.63, 3.8) is 0 Å². The van der Waals surface area contributed by atoms with Crippen LogP contribution in [0.15, 0.2) is 42.6 Å². The minimum absolute atomic E-state index is 0.0979. The van der Waals surface area contributed by atoms with E-state index >= 15 is 0 Å². The number of amides is 2. The summed E-state index contributed by atoms with van der Waals surface area (Å²) in [7, 11) is 1.62. The second-order valence-corrected chi connectivity index (χ2v) is 10.0. The predicted octanol–water partition coefficient (Wildman–Crippen LogP) is 3.00. The number of nitrogens with one attached hydrogen (secondary N) is 2. The monoisotopic (exact) mass is 534 g/mol. The molecule has 1 atom stereocenters. The number of alkyl halides is 3. The third kappa shape index (κ3) is 6.89. The van der Waals surface area contributed by atoms with Gasteiger partial charge in [-0.15, -0.1) is 0 Å². The minimum atomic E-state index is -4.55. The van der Waals surface area contributed by atoms with Crippen LogP contribution in [0.2, 0.25) is 0 Å². The van der Waals surface area contributed by atoms with Crippen molar-refractivity contribution in [2.24, 2.45) is 0 Å². The molecule has 1 saturated heterocycles. The summed E-state index contributed by atoms with van der Waals surface area (Å²) in [4.78, 5) is 31.0. The van der Waals surface area contributed by atoms with Gasteiger partial charge in [0.1, 0.15) is 5.60 Å². The van der Waals surface area contributed by atoms with Crippen LogP contribution in [0.5, 0.6) is 0 Å². The molecule has 2 amide bonds. The summed E-state index contributed by atoms with van der Waals surface area (Å²) >= 11 is 0. The van der Waals surface area contributed by atoms with Gasteiger partial charge in [-0.05, 0) is 61.9 Å². The first-order valence-corrected chi connectivity index (χ1v) is 12.7. The van der Waals surface area contributed by atoms with Gasteiger partial charge >= 0.3 is 6.18 Å². The largest absolute Gasteiger partial charge is 0.416 e. The SMILES string of the molecule is COCc1ccc(C2(O)CCC(NC3CCN(C(=O)CNC(=O)c4cccc(C(F)(F)F)c4)C3)CC2)nc1. The number of halogens is 3. The number of carbonyl (C=O) groups excluding carboxylic acids is 2. The lowest BCUT2D eigenvalue weighted by Gasteiger charge is -2.37. The summed E-state index contributed by atoms with van der Waals surface area (Å²) in [6.07, 6.45) is 0.651. The minimum Gasteiger partial charge on any atom is -0.384 e. The van der Waals surface area contributed by atoms with Crippen LogP contribution in [0, 0.1) is 0 Å². The molecule has 0 radical (unpaired) electrons. The van der Waals surface area contributed by atoms with Gasteiger partial charge in [0, 0.05) is 44.0 Å². The number of aromatic nitrogens is 1. The second-order valence-electron chi connectivity index (χ2n) is 10.0. The van der Waals surface area contributed by atoms with Gasteiger partial charge in [-0.25, -0.2) is 0 Å². The Kier molecular flexibility index (Phi) is 8.69. The zero-order chi connectivity index (χ0) is 27.3. The molecule has 1 unspecified atom stereocenters. The Balaban J connectivity index is 1.21. The van der Waals surface area contributed by atoms with Gasteiger partial charge in [0.2, 0.25) is 5.91 Å². The highest BCUT2D eigenvalue weighted by Crippen LogP contribution is 2.36. The average molecular weight is 535 g/mol. The summed E-state index contributed by atoms with van der Waals surface area (Å²) in [5, 5.41) is 17.2. The van der Waals surface area contributed by atoms with E-state index in [0.717, 1.165) is 43.0 Å². The van der Waals surface area contributed by atoms with E-state index < -0.39 is 23.2 Å². The number of likely N-dealkylation sites (tertiary alicyclic amines) is 1. The van der Waals surface area contributed by atoms with Crippen LogP contribution in [-0.2, 0) is 27.9 Å². The Morgan fingerprint density at radius 2 is 1.92 bits per heavy atom. The van der Waals surface area contributed by atoms with Crippen molar-refractivity contribution >= 4 is 11.8 Å². The molecular weight excluding hydrogens is 501 g/mol. The highest BCUT2D eigenvalue weighted by atomic mass is 19.4. The van der Waals surface area contributed by atoms with Crippen molar-refractivity contribution < 1.29 is 32.6 Å². The van der Waals surface area contributed by atoms with E-state index in [1.165, 1.54) is 6.07 Å². The number of benzene rings is 1. The van der Waals surface area contributed by atoms with Crippen molar-refractivity contribution in [3.8, 4) is 0 Å². The topological polar surface area (TPSA) is 104 Å². The Morgan fingerprint density at radius 3 is 2.58 bits per heavy atom. The zero-order valence-electron chi connectivity index (χ0n) is 21.3. The zero-order valence-corrected chi connectivity index (χ0v) is 21.3. The fourth-order valence-corrected chi connectivity index (χ4v) is 5.13. The molecule has 1 aliphatic heterocycles. The van der Waals surface area contributed by atoms with Crippen LogP contribution in [0.3, 0.4) is 0 Å². The molecule has 0 bridgehead atoms. The van der Waals surface area contributed by atoms with Gasteiger partial charge in [0.05, 0.1) is 24.4 Å². The van der Waals surface area contributed by atoms with Gasteiger partial charge in [0.25, 0.3) is 5.91 Å². The van der Waals surface area contributed by atoms with Gasteiger partial charge in [0.15, 0.2) is 0 Å². The van der Waals surface area contributed by atoms with Gasteiger partial charge in [-0.2, -0.15) is 13.2 Å². The van der Waals surface area contributed by atoms with E-state index in [9.17, 15) is 27.9 Å². The van der Waals surface area contributed by atoms with Crippen molar-refractivity contribution in [2.75, 3.05) is 26.7 Å². The smallest absolute Gasteiger partial charge is 0.384 e. The summed E-state index contributed by atoms with van der Waals surface area (Å²) in [6.45, 7) is 1.21. The van der Waals surface area contributed by atoms with Crippen molar-refractivity contribution in [2.45, 2.75) is 62.6 Å². The van der Waals surface area contributed by atoms with E-state index in [4.69, 9.17) is 4.74 Å². The summed E-state index contributed by atoms with van der Waals surface area (Å²) in [5.41, 5.74) is -0.403. The highest BCUT2D eigenvalue weighted by Gasteiger charge is 2.37. The first kappa shape index (κ1) is 28.0. The summed E-state index contributed by atoms with van der Waals surface area (Å²) in [6, 6.07) is 8.19. The predicted molar refractivity (Wildman–Crippen MR) is 133 cm³/mol.